The van der Waals surface area contributed by atoms with Crippen LogP contribution in [0.2, 0.25) is 0 Å². The lowest BCUT2D eigenvalue weighted by molar-refractivity contribution is 0.216. The lowest BCUT2D eigenvalue weighted by Gasteiger charge is -2.29. The zero-order valence-corrected chi connectivity index (χ0v) is 13.2. The van der Waals surface area contributed by atoms with Gasteiger partial charge in [0.2, 0.25) is 0 Å². The van der Waals surface area contributed by atoms with E-state index in [1.165, 1.54) is 31.4 Å². The third-order valence-corrected chi connectivity index (χ3v) is 4.63. The molecular formula is C17H26N4. The normalized spacial score (nSPS) is 17.6. The van der Waals surface area contributed by atoms with E-state index in [-0.39, 0.29) is 0 Å². The summed E-state index contributed by atoms with van der Waals surface area (Å²) in [5.41, 5.74) is 2.35. The molecule has 0 radical (unpaired) electrons. The van der Waals surface area contributed by atoms with Crippen molar-refractivity contribution in [3.05, 3.63) is 30.1 Å². The molecule has 1 N–H and O–H groups in total. The molecule has 1 aliphatic rings. The molecule has 2 heterocycles. The summed E-state index contributed by atoms with van der Waals surface area (Å²) in [5, 5.41) is 3.63. The lowest BCUT2D eigenvalue weighted by atomic mass is 9.97. The second kappa shape index (κ2) is 6.58. The summed E-state index contributed by atoms with van der Waals surface area (Å²) in [6.45, 7) is 7.76. The number of para-hydroxylation sites is 2. The fraction of sp³-hybridized carbons (Fsp3) is 0.588. The maximum Gasteiger partial charge on any atom is 0.106 e. The van der Waals surface area contributed by atoms with E-state index in [2.05, 4.69) is 58.0 Å². The molecule has 0 spiro atoms. The first-order chi connectivity index (χ1) is 10.2. The number of hydrogen-bond acceptors (Lipinski definition) is 3. The Morgan fingerprint density at radius 3 is 2.81 bits per heavy atom. The number of aryl methyl sites for hydroxylation is 1. The zero-order chi connectivity index (χ0) is 14.7. The van der Waals surface area contributed by atoms with Gasteiger partial charge in [-0.2, -0.15) is 0 Å². The highest BCUT2D eigenvalue weighted by Gasteiger charge is 2.15. The topological polar surface area (TPSA) is 33.1 Å². The van der Waals surface area contributed by atoms with Gasteiger partial charge in [-0.1, -0.05) is 12.1 Å². The van der Waals surface area contributed by atoms with Gasteiger partial charge in [-0.05, 0) is 64.5 Å². The van der Waals surface area contributed by atoms with Gasteiger partial charge in [-0.3, -0.25) is 0 Å². The zero-order valence-electron chi connectivity index (χ0n) is 13.2. The van der Waals surface area contributed by atoms with E-state index in [0.717, 1.165) is 36.9 Å². The van der Waals surface area contributed by atoms with Crippen molar-refractivity contribution in [2.75, 3.05) is 33.2 Å². The number of nitrogens with zero attached hydrogens (tertiary/aromatic N) is 3. The molecule has 1 saturated heterocycles. The molecule has 0 amide bonds. The Balaban J connectivity index is 1.49. The number of aromatic nitrogens is 2. The minimum atomic E-state index is 0.849. The minimum Gasteiger partial charge on any atom is -0.327 e. The van der Waals surface area contributed by atoms with Crippen molar-refractivity contribution in [3.63, 3.8) is 0 Å². The number of rotatable bonds is 5. The van der Waals surface area contributed by atoms with Crippen molar-refractivity contribution in [1.29, 1.82) is 0 Å². The first kappa shape index (κ1) is 14.5. The van der Waals surface area contributed by atoms with Crippen molar-refractivity contribution in [2.45, 2.75) is 26.3 Å². The molecule has 1 aromatic heterocycles. The van der Waals surface area contributed by atoms with E-state index in [1.807, 2.05) is 0 Å². The minimum absolute atomic E-state index is 0.849. The third kappa shape index (κ3) is 3.44. The Labute approximate surface area is 127 Å². The maximum absolute atomic E-state index is 4.62. The second-order valence-corrected chi connectivity index (χ2v) is 6.25. The van der Waals surface area contributed by atoms with E-state index in [9.17, 15) is 0 Å². The molecule has 1 aliphatic heterocycles. The molecular weight excluding hydrogens is 260 g/mol. The van der Waals surface area contributed by atoms with Crippen molar-refractivity contribution >= 4 is 11.0 Å². The first-order valence-electron chi connectivity index (χ1n) is 8.05. The highest BCUT2D eigenvalue weighted by Crippen LogP contribution is 2.16. The van der Waals surface area contributed by atoms with Crippen LogP contribution in [0, 0.1) is 12.8 Å². The van der Waals surface area contributed by atoms with E-state index < -0.39 is 0 Å². The third-order valence-electron chi connectivity index (χ3n) is 4.63. The maximum atomic E-state index is 4.62. The summed E-state index contributed by atoms with van der Waals surface area (Å²) in [4.78, 5) is 7.05. The highest BCUT2D eigenvalue weighted by atomic mass is 15.1. The Morgan fingerprint density at radius 2 is 2.00 bits per heavy atom. The highest BCUT2D eigenvalue weighted by molar-refractivity contribution is 5.75. The lowest BCUT2D eigenvalue weighted by Crippen LogP contribution is -2.35. The monoisotopic (exact) mass is 286 g/mol. The summed E-state index contributed by atoms with van der Waals surface area (Å²) >= 11 is 0. The fourth-order valence-corrected chi connectivity index (χ4v) is 3.24. The van der Waals surface area contributed by atoms with Crippen LogP contribution in [0.15, 0.2) is 24.3 Å². The van der Waals surface area contributed by atoms with Gasteiger partial charge < -0.3 is 14.8 Å². The average Bonchev–Trinajstić information content (AvgIpc) is 2.81. The van der Waals surface area contributed by atoms with Crippen LogP contribution in [-0.2, 0) is 6.54 Å². The van der Waals surface area contributed by atoms with Crippen molar-refractivity contribution in [3.8, 4) is 0 Å². The Kier molecular flexibility index (Phi) is 4.56. The van der Waals surface area contributed by atoms with E-state index in [1.54, 1.807) is 0 Å². The number of hydrogen-bond donors (Lipinski definition) is 1. The van der Waals surface area contributed by atoms with Crippen LogP contribution in [0.3, 0.4) is 0 Å². The molecule has 4 heteroatoms. The SMILES string of the molecule is Cc1nc2ccccc2n1CCNCC1CCN(C)CC1. The van der Waals surface area contributed by atoms with Crippen LogP contribution in [0.4, 0.5) is 0 Å². The predicted octanol–water partition coefficient (Wildman–Crippen LogP) is 2.28. The molecule has 1 aromatic carbocycles. The van der Waals surface area contributed by atoms with Crippen LogP contribution < -0.4 is 5.32 Å². The predicted molar refractivity (Wildman–Crippen MR) is 87.6 cm³/mol. The standard InChI is InChI=1S/C17H26N4/c1-14-19-16-5-3-4-6-17(16)21(14)12-9-18-13-15-7-10-20(2)11-8-15/h3-6,15,18H,7-13H2,1-2H3. The fourth-order valence-electron chi connectivity index (χ4n) is 3.24. The molecule has 0 unspecified atom stereocenters. The molecule has 1 fully saturated rings. The van der Waals surface area contributed by atoms with Crippen LogP contribution >= 0.6 is 0 Å². The molecule has 0 aliphatic carbocycles. The molecule has 4 nitrogen and oxygen atoms in total. The van der Waals surface area contributed by atoms with Crippen LogP contribution in [0.1, 0.15) is 18.7 Å². The Morgan fingerprint density at radius 1 is 1.24 bits per heavy atom. The molecule has 3 rings (SSSR count). The van der Waals surface area contributed by atoms with Crippen molar-refractivity contribution in [1.82, 2.24) is 19.8 Å². The largest absolute Gasteiger partial charge is 0.327 e. The molecule has 114 valence electrons. The summed E-state index contributed by atoms with van der Waals surface area (Å²) in [7, 11) is 2.22. The van der Waals surface area contributed by atoms with E-state index in [4.69, 9.17) is 0 Å². The number of piperidine rings is 1. The Hall–Kier alpha value is -1.39. The van der Waals surface area contributed by atoms with Gasteiger partial charge in [-0.25, -0.2) is 4.98 Å². The molecule has 0 bridgehead atoms. The number of nitrogens with one attached hydrogen (secondary N) is 1. The van der Waals surface area contributed by atoms with E-state index in [0.29, 0.717) is 0 Å². The van der Waals surface area contributed by atoms with E-state index >= 15 is 0 Å². The number of imidazole rings is 1. The second-order valence-electron chi connectivity index (χ2n) is 6.25. The van der Waals surface area contributed by atoms with Crippen molar-refractivity contribution < 1.29 is 0 Å². The number of fused-ring (bicyclic) bond motifs is 1. The molecule has 21 heavy (non-hydrogen) atoms. The average molecular weight is 286 g/mol. The first-order valence-corrected chi connectivity index (χ1v) is 8.05. The molecule has 2 aromatic rings. The summed E-state index contributed by atoms with van der Waals surface area (Å²) in [5.74, 6) is 1.96. The quantitative estimate of drug-likeness (QED) is 0.856. The Bertz CT molecular complexity index is 581. The summed E-state index contributed by atoms with van der Waals surface area (Å²) in [6, 6.07) is 8.39. The van der Waals surface area contributed by atoms with Gasteiger partial charge in [0, 0.05) is 13.1 Å². The summed E-state index contributed by atoms with van der Waals surface area (Å²) in [6.07, 6.45) is 2.66. The van der Waals surface area contributed by atoms with Gasteiger partial charge in [0.25, 0.3) is 0 Å². The number of benzene rings is 1. The smallest absolute Gasteiger partial charge is 0.106 e. The van der Waals surface area contributed by atoms with Gasteiger partial charge in [0.1, 0.15) is 5.82 Å². The van der Waals surface area contributed by atoms with Gasteiger partial charge in [-0.15, -0.1) is 0 Å². The molecule has 0 saturated carbocycles. The van der Waals surface area contributed by atoms with Crippen molar-refractivity contribution in [2.24, 2.45) is 5.92 Å². The van der Waals surface area contributed by atoms with Crippen LogP contribution in [-0.4, -0.2) is 47.7 Å². The van der Waals surface area contributed by atoms with Crippen LogP contribution in [0.25, 0.3) is 11.0 Å². The number of likely N-dealkylation sites (tertiary alicyclic amines) is 1. The molecule has 0 atom stereocenters. The van der Waals surface area contributed by atoms with Gasteiger partial charge in [0.05, 0.1) is 11.0 Å². The van der Waals surface area contributed by atoms with Crippen LogP contribution in [0.5, 0.6) is 0 Å². The summed E-state index contributed by atoms with van der Waals surface area (Å²) < 4.78 is 2.32. The van der Waals surface area contributed by atoms with Gasteiger partial charge in [0.15, 0.2) is 0 Å². The van der Waals surface area contributed by atoms with Gasteiger partial charge >= 0.3 is 0 Å².